The average molecular weight is 280 g/mol. The number of nitrogens with one attached hydrogen (secondary N) is 2. The van der Waals surface area contributed by atoms with Crippen molar-refractivity contribution in [2.24, 2.45) is 0 Å². The fraction of sp³-hybridized carbons (Fsp3) is 0.500. The van der Waals surface area contributed by atoms with Crippen LogP contribution in [-0.4, -0.2) is 32.2 Å². The van der Waals surface area contributed by atoms with Gasteiger partial charge in [-0.3, -0.25) is 4.79 Å². The number of hydrogen-bond acceptors (Lipinski definition) is 6. The molecule has 2 heterocycles. The van der Waals surface area contributed by atoms with E-state index in [1.54, 1.807) is 0 Å². The molecule has 1 amide bonds. The van der Waals surface area contributed by atoms with Crippen molar-refractivity contribution in [2.75, 3.05) is 31.2 Å². The second-order valence-electron chi connectivity index (χ2n) is 4.26. The molecule has 4 N–H and O–H groups in total. The summed E-state index contributed by atoms with van der Waals surface area (Å²) in [7, 11) is 1.53. The van der Waals surface area contributed by atoms with Crippen molar-refractivity contribution in [3.8, 4) is 6.07 Å². The Labute approximate surface area is 115 Å². The number of nitrogen functional groups attached to an aromatic ring is 1. The van der Waals surface area contributed by atoms with Crippen LogP contribution in [0.2, 0.25) is 0 Å². The Morgan fingerprint density at radius 3 is 3.05 bits per heavy atom. The predicted octanol–water partition coefficient (Wildman–Crippen LogP) is 1.15. The largest absolute Gasteiger partial charge is 0.396 e. The Hall–Kier alpha value is -1.78. The van der Waals surface area contributed by atoms with Crippen molar-refractivity contribution in [1.82, 2.24) is 5.32 Å². The number of carbonyl (C=O) groups is 1. The lowest BCUT2D eigenvalue weighted by atomic mass is 10.2. The van der Waals surface area contributed by atoms with Gasteiger partial charge in [-0.15, -0.1) is 11.3 Å². The highest BCUT2D eigenvalue weighted by atomic mass is 32.1. The first-order valence-electron chi connectivity index (χ1n) is 6.07. The third-order valence-electron chi connectivity index (χ3n) is 3.00. The zero-order valence-electron chi connectivity index (χ0n) is 10.7. The smallest absolute Gasteiger partial charge is 0.263 e. The highest BCUT2D eigenvalue weighted by Gasteiger charge is 2.22. The van der Waals surface area contributed by atoms with Gasteiger partial charge in [0.25, 0.3) is 5.91 Å². The van der Waals surface area contributed by atoms with Crippen LogP contribution < -0.4 is 16.4 Å². The van der Waals surface area contributed by atoms with Crippen molar-refractivity contribution in [3.05, 3.63) is 10.4 Å². The number of rotatable bonds is 4. The van der Waals surface area contributed by atoms with E-state index in [2.05, 4.69) is 10.6 Å². The molecular formula is C12H16N4O2S. The van der Waals surface area contributed by atoms with Crippen LogP contribution in [0.1, 0.15) is 28.1 Å². The van der Waals surface area contributed by atoms with Crippen molar-refractivity contribution >= 4 is 27.9 Å². The van der Waals surface area contributed by atoms with Crippen molar-refractivity contribution in [3.63, 3.8) is 0 Å². The summed E-state index contributed by atoms with van der Waals surface area (Å²) in [5, 5.41) is 15.4. The second kappa shape index (κ2) is 5.91. The van der Waals surface area contributed by atoms with Crippen LogP contribution in [0.25, 0.3) is 0 Å². The summed E-state index contributed by atoms with van der Waals surface area (Å²) < 4.78 is 5.50. The molecule has 0 bridgehead atoms. The lowest BCUT2D eigenvalue weighted by Crippen LogP contribution is -2.18. The minimum atomic E-state index is -0.274. The van der Waals surface area contributed by atoms with E-state index in [1.807, 2.05) is 6.07 Å². The molecule has 1 unspecified atom stereocenters. The number of nitriles is 1. The maximum Gasteiger partial charge on any atom is 0.263 e. The summed E-state index contributed by atoms with van der Waals surface area (Å²) in [6.07, 6.45) is 2.24. The Bertz CT molecular complexity index is 515. The molecule has 0 radical (unpaired) electrons. The van der Waals surface area contributed by atoms with Gasteiger partial charge in [-0.05, 0) is 12.8 Å². The average Bonchev–Trinajstić information content (AvgIpc) is 3.03. The van der Waals surface area contributed by atoms with Crippen LogP contribution in [0.5, 0.6) is 0 Å². The number of nitrogens with zero attached hydrogens (tertiary/aromatic N) is 1. The Morgan fingerprint density at radius 1 is 1.68 bits per heavy atom. The van der Waals surface area contributed by atoms with E-state index < -0.39 is 0 Å². The van der Waals surface area contributed by atoms with Gasteiger partial charge in [0.05, 0.1) is 11.8 Å². The van der Waals surface area contributed by atoms with Crippen LogP contribution >= 0.6 is 11.3 Å². The van der Waals surface area contributed by atoms with Gasteiger partial charge in [-0.2, -0.15) is 5.26 Å². The molecule has 1 fully saturated rings. The predicted molar refractivity (Wildman–Crippen MR) is 74.3 cm³/mol. The van der Waals surface area contributed by atoms with E-state index >= 15 is 0 Å². The number of ether oxygens (including phenoxy) is 1. The maximum absolute atomic E-state index is 11.6. The minimum absolute atomic E-state index is 0.165. The van der Waals surface area contributed by atoms with E-state index in [0.29, 0.717) is 22.0 Å². The van der Waals surface area contributed by atoms with Crippen molar-refractivity contribution < 1.29 is 9.53 Å². The zero-order valence-corrected chi connectivity index (χ0v) is 11.5. The first-order chi connectivity index (χ1) is 9.17. The molecule has 102 valence electrons. The molecule has 1 atom stereocenters. The molecule has 0 aromatic carbocycles. The number of anilines is 2. The van der Waals surface area contributed by atoms with E-state index in [-0.39, 0.29) is 17.7 Å². The lowest BCUT2D eigenvalue weighted by Gasteiger charge is -2.10. The Kier molecular flexibility index (Phi) is 4.24. The van der Waals surface area contributed by atoms with E-state index in [9.17, 15) is 4.79 Å². The maximum atomic E-state index is 11.6. The third kappa shape index (κ3) is 2.80. The minimum Gasteiger partial charge on any atom is -0.396 e. The zero-order chi connectivity index (χ0) is 13.8. The standard InChI is InChI=1S/C12H16N4O2S/c1-15-11(17)10-9(14)8(5-13)12(19-10)16-6-7-3-2-4-18-7/h7,16H,2-4,6,14H2,1H3,(H,15,17). The number of nitrogens with two attached hydrogens (primary N) is 1. The van der Waals surface area contributed by atoms with Crippen LogP contribution in [-0.2, 0) is 4.74 Å². The van der Waals surface area contributed by atoms with Gasteiger partial charge in [-0.1, -0.05) is 0 Å². The summed E-state index contributed by atoms with van der Waals surface area (Å²) in [4.78, 5) is 12.0. The molecule has 0 spiro atoms. The summed E-state index contributed by atoms with van der Waals surface area (Å²) in [6.45, 7) is 1.41. The number of thiophene rings is 1. The Morgan fingerprint density at radius 2 is 2.47 bits per heavy atom. The van der Waals surface area contributed by atoms with Crippen LogP contribution in [0.4, 0.5) is 10.7 Å². The number of amides is 1. The van der Waals surface area contributed by atoms with Gasteiger partial charge in [0.15, 0.2) is 0 Å². The topological polar surface area (TPSA) is 100 Å². The molecule has 2 rings (SSSR count). The fourth-order valence-corrected chi connectivity index (χ4v) is 3.00. The summed E-state index contributed by atoms with van der Waals surface area (Å²) in [5.41, 5.74) is 6.40. The molecule has 1 aliphatic rings. The van der Waals surface area contributed by atoms with E-state index in [1.165, 1.54) is 18.4 Å². The highest BCUT2D eigenvalue weighted by Crippen LogP contribution is 2.35. The lowest BCUT2D eigenvalue weighted by molar-refractivity contribution is 0.0968. The van der Waals surface area contributed by atoms with Gasteiger partial charge in [0.1, 0.15) is 21.5 Å². The molecule has 1 aliphatic heterocycles. The number of carbonyl (C=O) groups excluding carboxylic acids is 1. The van der Waals surface area contributed by atoms with Gasteiger partial charge >= 0.3 is 0 Å². The molecule has 1 aromatic heterocycles. The molecular weight excluding hydrogens is 264 g/mol. The van der Waals surface area contributed by atoms with Gasteiger partial charge in [0, 0.05) is 20.2 Å². The van der Waals surface area contributed by atoms with Crippen LogP contribution in [0.15, 0.2) is 0 Å². The molecule has 1 saturated heterocycles. The summed E-state index contributed by atoms with van der Waals surface area (Å²) >= 11 is 1.20. The molecule has 6 nitrogen and oxygen atoms in total. The van der Waals surface area contributed by atoms with Crippen molar-refractivity contribution in [2.45, 2.75) is 18.9 Å². The van der Waals surface area contributed by atoms with E-state index in [0.717, 1.165) is 19.4 Å². The molecule has 0 saturated carbocycles. The Balaban J connectivity index is 2.15. The monoisotopic (exact) mass is 280 g/mol. The highest BCUT2D eigenvalue weighted by molar-refractivity contribution is 7.18. The normalized spacial score (nSPS) is 18.0. The molecule has 1 aromatic rings. The number of hydrogen-bond donors (Lipinski definition) is 3. The van der Waals surface area contributed by atoms with Crippen LogP contribution in [0, 0.1) is 11.3 Å². The molecule has 7 heteroatoms. The van der Waals surface area contributed by atoms with Crippen molar-refractivity contribution in [1.29, 1.82) is 5.26 Å². The van der Waals surface area contributed by atoms with Gasteiger partial charge in [-0.25, -0.2) is 0 Å². The van der Waals surface area contributed by atoms with E-state index in [4.69, 9.17) is 15.7 Å². The molecule has 0 aliphatic carbocycles. The summed E-state index contributed by atoms with van der Waals surface area (Å²) in [5.74, 6) is -0.274. The molecule has 19 heavy (non-hydrogen) atoms. The third-order valence-corrected chi connectivity index (χ3v) is 4.17. The first kappa shape index (κ1) is 13.6. The van der Waals surface area contributed by atoms with Crippen LogP contribution in [0.3, 0.4) is 0 Å². The van der Waals surface area contributed by atoms with Gasteiger partial charge in [0.2, 0.25) is 0 Å². The van der Waals surface area contributed by atoms with Gasteiger partial charge < -0.3 is 21.1 Å². The second-order valence-corrected chi connectivity index (χ2v) is 5.28. The SMILES string of the molecule is CNC(=O)c1sc(NCC2CCCO2)c(C#N)c1N. The quantitative estimate of drug-likeness (QED) is 0.768. The summed E-state index contributed by atoms with van der Waals surface area (Å²) in [6, 6.07) is 2.04. The first-order valence-corrected chi connectivity index (χ1v) is 6.89. The fourth-order valence-electron chi connectivity index (χ4n) is 1.97.